The highest BCUT2D eigenvalue weighted by Crippen LogP contribution is 2.26. The number of carbonyl (C=O) groups excluding carboxylic acids is 1. The zero-order chi connectivity index (χ0) is 19.8. The first-order valence-electron chi connectivity index (χ1n) is 8.63. The lowest BCUT2D eigenvalue weighted by atomic mass is 10.1. The topological polar surface area (TPSA) is 117 Å². The molecule has 0 aliphatic rings. The normalized spacial score (nSPS) is 12.9. The highest BCUT2D eigenvalue weighted by Gasteiger charge is 2.23. The lowest BCUT2D eigenvalue weighted by Crippen LogP contribution is -2.36. The molecule has 0 fully saturated rings. The maximum Gasteiger partial charge on any atom is 0.410 e. The summed E-state index contributed by atoms with van der Waals surface area (Å²) in [6.07, 6.45) is -0.410. The van der Waals surface area contributed by atoms with E-state index in [1.165, 1.54) is 4.90 Å². The molecule has 0 aliphatic carbocycles. The number of para-hydroxylation sites is 1. The fourth-order valence-electron chi connectivity index (χ4n) is 2.69. The average Bonchev–Trinajstić information content (AvgIpc) is 3.18. The van der Waals surface area contributed by atoms with E-state index in [9.17, 15) is 9.59 Å². The number of nitrogens with zero attached hydrogens (tertiary/aromatic N) is 3. The summed E-state index contributed by atoms with van der Waals surface area (Å²) < 4.78 is 10.7. The molecule has 144 valence electrons. The number of nitrogens with one attached hydrogen (secondary N) is 2. The highest BCUT2D eigenvalue weighted by molar-refractivity contribution is 5.89. The Balaban J connectivity index is 1.77. The van der Waals surface area contributed by atoms with Crippen LogP contribution in [0, 0.1) is 0 Å². The first-order valence-corrected chi connectivity index (χ1v) is 8.63. The molecule has 2 N–H and O–H groups in total. The van der Waals surface area contributed by atoms with Crippen LogP contribution in [0.4, 0.5) is 4.79 Å². The van der Waals surface area contributed by atoms with Crippen molar-refractivity contribution in [3.8, 4) is 11.5 Å². The number of H-pyrrole nitrogens is 2. The van der Waals surface area contributed by atoms with Crippen LogP contribution in [0.3, 0.4) is 0 Å². The van der Waals surface area contributed by atoms with Crippen molar-refractivity contribution in [2.24, 2.45) is 0 Å². The standard InChI is InChI=1S/C18H23N5O4/c1-10(9-23(5)17(25)26-18(2,3)4)14-21-15(27-22-14)11-7-6-8-12-13(11)20-16(24)19-12/h6-8,10H,9H2,1-5H3,(H2,19,20,24). The predicted octanol–water partition coefficient (Wildman–Crippen LogP) is 2.88. The van der Waals surface area contributed by atoms with Crippen LogP contribution in [0.1, 0.15) is 39.4 Å². The molecule has 9 nitrogen and oxygen atoms in total. The minimum atomic E-state index is -0.556. The van der Waals surface area contributed by atoms with E-state index in [-0.39, 0.29) is 11.6 Å². The number of amides is 1. The van der Waals surface area contributed by atoms with Gasteiger partial charge in [-0.2, -0.15) is 4.98 Å². The Hall–Kier alpha value is -3.10. The van der Waals surface area contributed by atoms with Gasteiger partial charge in [-0.05, 0) is 32.9 Å². The van der Waals surface area contributed by atoms with E-state index in [1.54, 1.807) is 25.2 Å². The van der Waals surface area contributed by atoms with E-state index in [2.05, 4.69) is 20.1 Å². The third-order valence-corrected chi connectivity index (χ3v) is 3.92. The molecule has 1 atom stereocenters. The monoisotopic (exact) mass is 373 g/mol. The Morgan fingerprint density at radius 1 is 1.33 bits per heavy atom. The van der Waals surface area contributed by atoms with Crippen molar-refractivity contribution in [3.63, 3.8) is 0 Å². The number of aromatic nitrogens is 4. The van der Waals surface area contributed by atoms with Crippen molar-refractivity contribution >= 4 is 17.1 Å². The summed E-state index contributed by atoms with van der Waals surface area (Å²) in [5.41, 5.74) is 1.05. The van der Waals surface area contributed by atoms with Gasteiger partial charge in [0.15, 0.2) is 5.82 Å². The van der Waals surface area contributed by atoms with E-state index in [0.29, 0.717) is 34.9 Å². The number of carbonyl (C=O) groups is 1. The Bertz CT molecular complexity index is 1010. The summed E-state index contributed by atoms with van der Waals surface area (Å²) in [5, 5.41) is 4.03. The van der Waals surface area contributed by atoms with Crippen LogP contribution >= 0.6 is 0 Å². The molecule has 3 rings (SSSR count). The van der Waals surface area contributed by atoms with E-state index >= 15 is 0 Å². The molecule has 3 aromatic rings. The number of imidazole rings is 1. The fourth-order valence-corrected chi connectivity index (χ4v) is 2.69. The van der Waals surface area contributed by atoms with Gasteiger partial charge in [0.2, 0.25) is 0 Å². The van der Waals surface area contributed by atoms with E-state index in [1.807, 2.05) is 27.7 Å². The largest absolute Gasteiger partial charge is 0.444 e. The Labute approximate surface area is 155 Å². The molecule has 0 saturated carbocycles. The van der Waals surface area contributed by atoms with Crippen LogP contribution in [0.2, 0.25) is 0 Å². The van der Waals surface area contributed by atoms with Crippen molar-refractivity contribution in [2.75, 3.05) is 13.6 Å². The number of fused-ring (bicyclic) bond motifs is 1. The SMILES string of the molecule is CC(CN(C)C(=O)OC(C)(C)C)c1noc(-c2cccc3[nH]c(=O)[nH]c23)n1. The van der Waals surface area contributed by atoms with Crippen molar-refractivity contribution < 1.29 is 14.1 Å². The zero-order valence-corrected chi connectivity index (χ0v) is 16.0. The van der Waals surface area contributed by atoms with Gasteiger partial charge in [0.05, 0.1) is 16.6 Å². The number of hydrogen-bond donors (Lipinski definition) is 2. The lowest BCUT2D eigenvalue weighted by Gasteiger charge is -2.25. The summed E-state index contributed by atoms with van der Waals surface area (Å²) in [7, 11) is 1.66. The van der Waals surface area contributed by atoms with Crippen LogP contribution < -0.4 is 5.69 Å². The van der Waals surface area contributed by atoms with Crippen molar-refractivity contribution in [2.45, 2.75) is 39.2 Å². The molecular formula is C18H23N5O4. The molecule has 9 heteroatoms. The van der Waals surface area contributed by atoms with Gasteiger partial charge >= 0.3 is 11.8 Å². The maximum absolute atomic E-state index is 12.1. The first-order chi connectivity index (χ1) is 12.6. The summed E-state index contributed by atoms with van der Waals surface area (Å²) in [6, 6.07) is 5.37. The molecule has 1 unspecified atom stereocenters. The van der Waals surface area contributed by atoms with Gasteiger partial charge in [-0.15, -0.1) is 0 Å². The molecule has 0 bridgehead atoms. The number of aromatic amines is 2. The lowest BCUT2D eigenvalue weighted by molar-refractivity contribution is 0.0289. The minimum absolute atomic E-state index is 0.163. The molecule has 0 aliphatic heterocycles. The smallest absolute Gasteiger partial charge is 0.410 e. The molecule has 1 amide bonds. The molecule has 2 heterocycles. The molecule has 0 saturated heterocycles. The second kappa shape index (κ2) is 6.90. The molecule has 27 heavy (non-hydrogen) atoms. The van der Waals surface area contributed by atoms with Crippen molar-refractivity contribution in [3.05, 3.63) is 34.5 Å². The molecule has 2 aromatic heterocycles. The van der Waals surface area contributed by atoms with Gasteiger partial charge in [-0.25, -0.2) is 9.59 Å². The van der Waals surface area contributed by atoms with Crippen LogP contribution in [-0.4, -0.2) is 50.3 Å². The number of likely N-dealkylation sites (N-methyl/N-ethyl adjacent to an activating group) is 1. The second-order valence-corrected chi connectivity index (χ2v) is 7.53. The third-order valence-electron chi connectivity index (χ3n) is 3.92. The van der Waals surface area contributed by atoms with Gasteiger partial charge in [0, 0.05) is 19.5 Å². The summed E-state index contributed by atoms with van der Waals surface area (Å²) in [6.45, 7) is 7.73. The van der Waals surface area contributed by atoms with Crippen LogP contribution in [0.5, 0.6) is 0 Å². The fraction of sp³-hybridized carbons (Fsp3) is 0.444. The summed E-state index contributed by atoms with van der Waals surface area (Å²) in [4.78, 5) is 35.0. The Morgan fingerprint density at radius 3 is 2.78 bits per heavy atom. The molecule has 0 spiro atoms. The number of rotatable bonds is 4. The quantitative estimate of drug-likeness (QED) is 0.726. The second-order valence-electron chi connectivity index (χ2n) is 7.53. The van der Waals surface area contributed by atoms with Gasteiger partial charge in [-0.1, -0.05) is 18.1 Å². The number of benzene rings is 1. The number of ether oxygens (including phenoxy) is 1. The van der Waals surface area contributed by atoms with E-state index < -0.39 is 11.7 Å². The average molecular weight is 373 g/mol. The van der Waals surface area contributed by atoms with Crippen molar-refractivity contribution in [1.82, 2.24) is 25.0 Å². The zero-order valence-electron chi connectivity index (χ0n) is 16.0. The maximum atomic E-state index is 12.1. The predicted molar refractivity (Wildman–Crippen MR) is 99.5 cm³/mol. The highest BCUT2D eigenvalue weighted by atomic mass is 16.6. The van der Waals surface area contributed by atoms with E-state index in [4.69, 9.17) is 9.26 Å². The summed E-state index contributed by atoms with van der Waals surface area (Å²) in [5.74, 6) is 0.609. The third kappa shape index (κ3) is 4.18. The Morgan fingerprint density at radius 2 is 2.07 bits per heavy atom. The van der Waals surface area contributed by atoms with Gasteiger partial charge in [-0.3, -0.25) is 0 Å². The first kappa shape index (κ1) is 18.7. The van der Waals surface area contributed by atoms with Crippen LogP contribution in [0.25, 0.3) is 22.5 Å². The molecule has 1 aromatic carbocycles. The molecule has 0 radical (unpaired) electrons. The van der Waals surface area contributed by atoms with Crippen LogP contribution in [0.15, 0.2) is 27.5 Å². The van der Waals surface area contributed by atoms with Gasteiger partial charge < -0.3 is 24.1 Å². The van der Waals surface area contributed by atoms with Crippen molar-refractivity contribution in [1.29, 1.82) is 0 Å². The summed E-state index contributed by atoms with van der Waals surface area (Å²) >= 11 is 0. The van der Waals surface area contributed by atoms with Gasteiger partial charge in [0.25, 0.3) is 5.89 Å². The Kier molecular flexibility index (Phi) is 4.77. The molecular weight excluding hydrogens is 350 g/mol. The van der Waals surface area contributed by atoms with Crippen LogP contribution in [-0.2, 0) is 4.74 Å². The number of hydrogen-bond acceptors (Lipinski definition) is 6. The minimum Gasteiger partial charge on any atom is -0.444 e. The van der Waals surface area contributed by atoms with Gasteiger partial charge in [0.1, 0.15) is 5.60 Å². The van der Waals surface area contributed by atoms with E-state index in [0.717, 1.165) is 0 Å².